The fourth-order valence-electron chi connectivity index (χ4n) is 5.52. The molecular formula is C30H18S4. The zero-order valence-corrected chi connectivity index (χ0v) is 21.4. The molecule has 0 N–H and O–H groups in total. The molecular weight excluding hydrogens is 489 g/mol. The summed E-state index contributed by atoms with van der Waals surface area (Å²) in [7, 11) is 0. The molecule has 34 heavy (non-hydrogen) atoms. The van der Waals surface area contributed by atoms with Crippen LogP contribution in [0.15, 0.2) is 82.2 Å². The van der Waals surface area contributed by atoms with Crippen LogP contribution in [-0.4, -0.2) is 0 Å². The molecule has 2 aliphatic carbocycles. The molecule has 9 rings (SSSR count). The number of fused-ring (bicyclic) bond motifs is 5. The summed E-state index contributed by atoms with van der Waals surface area (Å²) in [6.07, 6.45) is 2.20. The van der Waals surface area contributed by atoms with Crippen molar-refractivity contribution < 1.29 is 0 Å². The van der Waals surface area contributed by atoms with Crippen LogP contribution in [0, 0.1) is 0 Å². The van der Waals surface area contributed by atoms with Gasteiger partial charge in [0.25, 0.3) is 0 Å². The minimum atomic E-state index is 1.09. The highest BCUT2D eigenvalue weighted by Crippen LogP contribution is 2.47. The second-order valence-electron chi connectivity index (χ2n) is 9.01. The quantitative estimate of drug-likeness (QED) is 0.192. The summed E-state index contributed by atoms with van der Waals surface area (Å²) < 4.78 is 2.96. The van der Waals surface area contributed by atoms with Gasteiger partial charge in [0.2, 0.25) is 0 Å². The monoisotopic (exact) mass is 506 g/mol. The summed E-state index contributed by atoms with van der Waals surface area (Å²) >= 11 is 7.55. The molecule has 4 aromatic heterocycles. The molecule has 7 aromatic rings. The molecule has 4 heterocycles. The molecule has 0 radical (unpaired) electrons. The summed E-state index contributed by atoms with van der Waals surface area (Å²) in [5, 5.41) is 15.0. The van der Waals surface area contributed by atoms with Gasteiger partial charge >= 0.3 is 0 Å². The van der Waals surface area contributed by atoms with E-state index in [0.717, 1.165) is 12.8 Å². The largest absolute Gasteiger partial charge is 0.132 e. The van der Waals surface area contributed by atoms with Gasteiger partial charge < -0.3 is 0 Å². The number of thiophene rings is 4. The van der Waals surface area contributed by atoms with E-state index in [1.54, 1.807) is 0 Å². The first-order valence-electron chi connectivity index (χ1n) is 11.4. The van der Waals surface area contributed by atoms with E-state index in [0.29, 0.717) is 0 Å². The van der Waals surface area contributed by atoms with Crippen molar-refractivity contribution in [1.82, 2.24) is 0 Å². The van der Waals surface area contributed by atoms with Crippen molar-refractivity contribution in [2.45, 2.75) is 12.8 Å². The van der Waals surface area contributed by atoms with Crippen molar-refractivity contribution in [3.63, 3.8) is 0 Å². The molecule has 0 nitrogen and oxygen atoms in total. The molecule has 162 valence electrons. The van der Waals surface area contributed by atoms with E-state index in [-0.39, 0.29) is 0 Å². The summed E-state index contributed by atoms with van der Waals surface area (Å²) in [5.41, 5.74) is 11.8. The van der Waals surface area contributed by atoms with Gasteiger partial charge in [-0.15, -0.1) is 45.3 Å². The predicted molar refractivity (Wildman–Crippen MR) is 153 cm³/mol. The molecule has 3 aromatic carbocycles. The first-order valence-corrected chi connectivity index (χ1v) is 14.9. The zero-order chi connectivity index (χ0) is 22.2. The van der Waals surface area contributed by atoms with Gasteiger partial charge in [-0.3, -0.25) is 0 Å². The van der Waals surface area contributed by atoms with Crippen molar-refractivity contribution in [2.75, 3.05) is 0 Å². The van der Waals surface area contributed by atoms with Crippen LogP contribution in [0.3, 0.4) is 0 Å². The van der Waals surface area contributed by atoms with Gasteiger partial charge in [0.1, 0.15) is 0 Å². The van der Waals surface area contributed by atoms with Gasteiger partial charge in [0.15, 0.2) is 0 Å². The van der Waals surface area contributed by atoms with Gasteiger partial charge in [-0.25, -0.2) is 0 Å². The van der Waals surface area contributed by atoms with Gasteiger partial charge in [-0.2, -0.15) is 0 Å². The number of rotatable bonds is 0. The first kappa shape index (κ1) is 19.5. The summed E-state index contributed by atoms with van der Waals surface area (Å²) in [6.45, 7) is 0. The van der Waals surface area contributed by atoms with Crippen molar-refractivity contribution in [2.24, 2.45) is 0 Å². The van der Waals surface area contributed by atoms with Gasteiger partial charge in [-0.05, 0) is 73.8 Å². The third kappa shape index (κ3) is 2.80. The maximum atomic E-state index is 2.37. The van der Waals surface area contributed by atoms with E-state index in [2.05, 4.69) is 82.2 Å². The Hall–Kier alpha value is -2.76. The third-order valence-electron chi connectivity index (χ3n) is 7.10. The lowest BCUT2D eigenvalue weighted by atomic mass is 9.87. The molecule has 0 aliphatic heterocycles. The fourth-order valence-corrected chi connectivity index (χ4v) is 9.82. The fraction of sp³-hybridized carbons (Fsp3) is 0.0667. The van der Waals surface area contributed by atoms with Gasteiger partial charge in [0.05, 0.1) is 8.03 Å². The van der Waals surface area contributed by atoms with Crippen LogP contribution in [0.2, 0.25) is 0 Å². The standard InChI is InChI=1S/C17H10S2.C13H8S2/c1-2-4-11-7-14-12(5-10(11)3-1)6-13-8-18-17-16(13)15(14)9-19-17;1-2-4-10-8(3-1)5-9-6-14-13-12(9)11(10)7-15-13/h1-5,7-9H,6H2;1-4,6-7H,5H2. The maximum Gasteiger partial charge on any atom is 0.0874 e. The molecule has 4 heteroatoms. The Bertz CT molecular complexity index is 1870. The molecule has 0 saturated carbocycles. The van der Waals surface area contributed by atoms with Crippen LogP contribution >= 0.6 is 45.3 Å². The number of hydrogen-bond acceptors (Lipinski definition) is 4. The topological polar surface area (TPSA) is 0 Å². The summed E-state index contributed by atoms with van der Waals surface area (Å²) in [4.78, 5) is 0. The average molecular weight is 507 g/mol. The van der Waals surface area contributed by atoms with E-state index in [1.807, 2.05) is 45.3 Å². The SMILES string of the molecule is c1ccc2c(c1)Cc1csc3scc-2c13.c1ccc2cc3c(cc2c1)Cc1csc2scc-3c12. The Kier molecular flexibility index (Phi) is 4.23. The Morgan fingerprint density at radius 3 is 1.74 bits per heavy atom. The average Bonchev–Trinajstić information content (AvgIpc) is 3.66. The van der Waals surface area contributed by atoms with Crippen molar-refractivity contribution >= 4 is 74.9 Å². The van der Waals surface area contributed by atoms with Gasteiger partial charge in [0, 0.05) is 32.7 Å². The molecule has 0 saturated heterocycles. The molecule has 0 atom stereocenters. The van der Waals surface area contributed by atoms with Crippen molar-refractivity contribution in [1.29, 1.82) is 0 Å². The highest BCUT2D eigenvalue weighted by atomic mass is 32.2. The van der Waals surface area contributed by atoms with E-state index in [1.165, 1.54) is 74.1 Å². The molecule has 0 fully saturated rings. The molecule has 0 amide bonds. The van der Waals surface area contributed by atoms with Crippen molar-refractivity contribution in [3.05, 3.63) is 104 Å². The van der Waals surface area contributed by atoms with Crippen LogP contribution in [0.5, 0.6) is 0 Å². The maximum absolute atomic E-state index is 2.37. The molecule has 0 unspecified atom stereocenters. The smallest absolute Gasteiger partial charge is 0.0874 e. The van der Waals surface area contributed by atoms with E-state index < -0.39 is 0 Å². The van der Waals surface area contributed by atoms with Crippen LogP contribution in [0.25, 0.3) is 51.8 Å². The van der Waals surface area contributed by atoms with Crippen LogP contribution in [-0.2, 0) is 12.8 Å². The minimum absolute atomic E-state index is 1.09. The third-order valence-corrected chi connectivity index (χ3v) is 11.4. The lowest BCUT2D eigenvalue weighted by molar-refractivity contribution is 1.21. The Morgan fingerprint density at radius 1 is 0.441 bits per heavy atom. The Morgan fingerprint density at radius 2 is 1.00 bits per heavy atom. The lowest BCUT2D eigenvalue weighted by Crippen LogP contribution is -1.97. The Balaban J connectivity index is 0.000000113. The van der Waals surface area contributed by atoms with Crippen molar-refractivity contribution in [3.8, 4) is 22.3 Å². The Labute approximate surface area is 213 Å². The second kappa shape index (κ2) is 7.37. The molecule has 0 spiro atoms. The number of benzene rings is 3. The van der Waals surface area contributed by atoms with E-state index in [4.69, 9.17) is 0 Å². The second-order valence-corrected chi connectivity index (χ2v) is 13.0. The summed E-state index contributed by atoms with van der Waals surface area (Å²) in [5.74, 6) is 0. The van der Waals surface area contributed by atoms with E-state index >= 15 is 0 Å². The summed E-state index contributed by atoms with van der Waals surface area (Å²) in [6, 6.07) is 22.2. The molecule has 0 bridgehead atoms. The predicted octanol–water partition coefficient (Wildman–Crippen LogP) is 10.2. The highest BCUT2D eigenvalue weighted by Gasteiger charge is 2.22. The number of hydrogen-bond donors (Lipinski definition) is 0. The highest BCUT2D eigenvalue weighted by molar-refractivity contribution is 7.37. The van der Waals surface area contributed by atoms with Crippen LogP contribution < -0.4 is 0 Å². The van der Waals surface area contributed by atoms with Crippen LogP contribution in [0.4, 0.5) is 0 Å². The zero-order valence-electron chi connectivity index (χ0n) is 18.1. The first-order chi connectivity index (χ1) is 16.8. The van der Waals surface area contributed by atoms with Crippen LogP contribution in [0.1, 0.15) is 22.3 Å². The molecule has 2 aliphatic rings. The van der Waals surface area contributed by atoms with Gasteiger partial charge in [-0.1, -0.05) is 54.6 Å². The normalized spacial score (nSPS) is 13.1. The van der Waals surface area contributed by atoms with E-state index in [9.17, 15) is 0 Å². The minimum Gasteiger partial charge on any atom is -0.132 e. The lowest BCUT2D eigenvalue weighted by Gasteiger charge is -2.16.